The Morgan fingerprint density at radius 2 is 1.64 bits per heavy atom. The number of hydrogen-bond donors (Lipinski definition) is 1. The second-order valence-electron chi connectivity index (χ2n) is 7.02. The summed E-state index contributed by atoms with van der Waals surface area (Å²) >= 11 is 0.608. The zero-order chi connectivity index (χ0) is 24.2. The number of nitrogens with zero attached hydrogens (tertiary/aromatic N) is 1. The van der Waals surface area contributed by atoms with Crippen LogP contribution in [0.25, 0.3) is 10.8 Å². The lowest BCUT2D eigenvalue weighted by Gasteiger charge is -2.20. The number of ether oxygens (including phenoxy) is 2. The van der Waals surface area contributed by atoms with E-state index in [1.807, 2.05) is 30.3 Å². The number of rotatable bonds is 7. The van der Waals surface area contributed by atoms with Gasteiger partial charge in [0, 0.05) is 12.4 Å². The number of fused-ring (bicyclic) bond motifs is 1. The molecule has 0 aliphatic heterocycles. The molecule has 174 valence electrons. The van der Waals surface area contributed by atoms with Gasteiger partial charge in [0.05, 0.1) is 12.0 Å². The van der Waals surface area contributed by atoms with Crippen molar-refractivity contribution in [3.8, 4) is 11.5 Å². The van der Waals surface area contributed by atoms with E-state index >= 15 is 0 Å². The first-order valence-electron chi connectivity index (χ1n) is 9.64. The lowest BCUT2D eigenvalue weighted by molar-refractivity contribution is -0.138. The van der Waals surface area contributed by atoms with Crippen LogP contribution in [-0.4, -0.2) is 41.9 Å². The highest BCUT2D eigenvalue weighted by Gasteiger charge is 2.37. The summed E-state index contributed by atoms with van der Waals surface area (Å²) in [5.41, 5.74) is -0.140. The number of methoxy groups -OCH3 is 1. The second kappa shape index (κ2) is 10.0. The van der Waals surface area contributed by atoms with Crippen molar-refractivity contribution in [1.29, 1.82) is 0 Å². The number of carboxylic acids is 1. The van der Waals surface area contributed by atoms with Crippen LogP contribution in [0.1, 0.15) is 11.1 Å². The van der Waals surface area contributed by atoms with Crippen molar-refractivity contribution in [3.63, 3.8) is 0 Å². The minimum absolute atomic E-state index is 0.126. The molecule has 0 heterocycles. The summed E-state index contributed by atoms with van der Waals surface area (Å²) in [6.07, 6.45) is -4.71. The first kappa shape index (κ1) is 24.2. The number of benzene rings is 3. The van der Waals surface area contributed by atoms with Crippen LogP contribution < -0.4 is 9.47 Å². The number of alkyl halides is 3. The van der Waals surface area contributed by atoms with Gasteiger partial charge < -0.3 is 19.5 Å². The summed E-state index contributed by atoms with van der Waals surface area (Å²) in [5, 5.41) is 8.27. The Balaban J connectivity index is 2.11. The largest absolute Gasteiger partial charge is 0.496 e. The zero-order valence-corrected chi connectivity index (χ0v) is 18.5. The number of aliphatic carboxylic acids is 1. The second-order valence-corrected chi connectivity index (χ2v) is 7.98. The molecular weight excluding hydrogens is 459 g/mol. The minimum Gasteiger partial charge on any atom is -0.496 e. The van der Waals surface area contributed by atoms with E-state index in [0.717, 1.165) is 17.6 Å². The van der Waals surface area contributed by atoms with Crippen molar-refractivity contribution < 1.29 is 37.3 Å². The van der Waals surface area contributed by atoms with Gasteiger partial charge in [-0.05, 0) is 47.0 Å². The fourth-order valence-corrected chi connectivity index (χ4v) is 4.10. The van der Waals surface area contributed by atoms with Gasteiger partial charge in [0.1, 0.15) is 30.2 Å². The Morgan fingerprint density at radius 3 is 2.24 bits per heavy atom. The van der Waals surface area contributed by atoms with Crippen LogP contribution in [0, 0.1) is 0 Å². The van der Waals surface area contributed by atoms with Crippen molar-refractivity contribution in [1.82, 2.24) is 4.90 Å². The molecule has 0 spiro atoms. The van der Waals surface area contributed by atoms with E-state index in [-0.39, 0.29) is 33.8 Å². The Hall–Kier alpha value is -3.40. The SMILES string of the molecule is COc1ccc2c(SC(=O)N(C)CC(=O)O)c(OCc3ccccc3)ccc2c1C(F)(F)F. The Bertz CT molecular complexity index is 1170. The van der Waals surface area contributed by atoms with Gasteiger partial charge in [0.2, 0.25) is 0 Å². The molecule has 0 bridgehead atoms. The standard InChI is InChI=1S/C23H20F3NO5S/c1-27(12-19(28)29)22(30)33-21-16-9-10-17(31-2)20(23(24,25)26)15(16)8-11-18(21)32-13-14-6-4-3-5-7-14/h3-11H,12-13H2,1-2H3,(H,28,29). The molecule has 0 saturated heterocycles. The lowest BCUT2D eigenvalue weighted by atomic mass is 10.0. The molecule has 0 fully saturated rings. The quantitative estimate of drug-likeness (QED) is 0.440. The summed E-state index contributed by atoms with van der Waals surface area (Å²) in [4.78, 5) is 24.7. The number of carbonyl (C=O) groups is 2. The van der Waals surface area contributed by atoms with E-state index in [0.29, 0.717) is 11.8 Å². The molecule has 0 aliphatic rings. The van der Waals surface area contributed by atoms with Crippen LogP contribution in [0.15, 0.2) is 59.5 Å². The van der Waals surface area contributed by atoms with E-state index in [4.69, 9.17) is 14.6 Å². The van der Waals surface area contributed by atoms with Crippen LogP contribution in [0.5, 0.6) is 11.5 Å². The van der Waals surface area contributed by atoms with E-state index in [9.17, 15) is 22.8 Å². The first-order valence-corrected chi connectivity index (χ1v) is 10.5. The average Bonchev–Trinajstić information content (AvgIpc) is 2.77. The van der Waals surface area contributed by atoms with Gasteiger partial charge in [-0.25, -0.2) is 0 Å². The maximum atomic E-state index is 13.8. The summed E-state index contributed by atoms with van der Waals surface area (Å²) in [6.45, 7) is -0.431. The highest BCUT2D eigenvalue weighted by atomic mass is 32.2. The van der Waals surface area contributed by atoms with E-state index in [1.165, 1.54) is 31.3 Å². The fraction of sp³-hybridized carbons (Fsp3) is 0.217. The van der Waals surface area contributed by atoms with Gasteiger partial charge in [0.15, 0.2) is 0 Å². The van der Waals surface area contributed by atoms with E-state index < -0.39 is 29.5 Å². The molecule has 0 aromatic heterocycles. The van der Waals surface area contributed by atoms with Crippen molar-refractivity contribution in [2.45, 2.75) is 17.7 Å². The van der Waals surface area contributed by atoms with Gasteiger partial charge >= 0.3 is 12.1 Å². The molecule has 0 saturated carbocycles. The molecule has 0 radical (unpaired) electrons. The molecule has 1 amide bonds. The summed E-state index contributed by atoms with van der Waals surface area (Å²) < 4.78 is 52.3. The van der Waals surface area contributed by atoms with Gasteiger partial charge in [-0.3, -0.25) is 9.59 Å². The zero-order valence-electron chi connectivity index (χ0n) is 17.7. The lowest BCUT2D eigenvalue weighted by Crippen LogP contribution is -2.28. The molecule has 0 aliphatic carbocycles. The first-order chi connectivity index (χ1) is 15.6. The molecule has 3 aromatic carbocycles. The van der Waals surface area contributed by atoms with Crippen LogP contribution >= 0.6 is 11.8 Å². The number of halogens is 3. The molecule has 33 heavy (non-hydrogen) atoms. The minimum atomic E-state index is -4.71. The molecule has 1 N–H and O–H groups in total. The van der Waals surface area contributed by atoms with Crippen molar-refractivity contribution in [2.24, 2.45) is 0 Å². The number of carboxylic acid groups (broad SMARTS) is 1. The Labute approximate surface area is 191 Å². The molecule has 0 unspecified atom stereocenters. The smallest absolute Gasteiger partial charge is 0.420 e. The monoisotopic (exact) mass is 479 g/mol. The number of thioether (sulfide) groups is 1. The molecule has 10 heteroatoms. The van der Waals surface area contributed by atoms with Crippen LogP contribution in [-0.2, 0) is 17.6 Å². The molecule has 0 atom stereocenters. The number of amides is 1. The number of carbonyl (C=O) groups excluding carboxylic acids is 1. The van der Waals surface area contributed by atoms with Crippen LogP contribution in [0.2, 0.25) is 0 Å². The predicted octanol–water partition coefficient (Wildman–Crippen LogP) is 5.67. The number of hydrogen-bond acceptors (Lipinski definition) is 5. The third-order valence-electron chi connectivity index (χ3n) is 4.69. The molecule has 3 aromatic rings. The highest BCUT2D eigenvalue weighted by molar-refractivity contribution is 8.13. The third kappa shape index (κ3) is 5.70. The molecular formula is C23H20F3NO5S. The highest BCUT2D eigenvalue weighted by Crippen LogP contribution is 2.46. The Kier molecular flexibility index (Phi) is 7.37. The fourth-order valence-electron chi connectivity index (χ4n) is 3.19. The van der Waals surface area contributed by atoms with Gasteiger partial charge in [-0.2, -0.15) is 13.2 Å². The van der Waals surface area contributed by atoms with Crippen molar-refractivity contribution in [2.75, 3.05) is 20.7 Å². The van der Waals surface area contributed by atoms with Gasteiger partial charge in [-0.15, -0.1) is 0 Å². The predicted molar refractivity (Wildman–Crippen MR) is 118 cm³/mol. The Morgan fingerprint density at radius 1 is 1.00 bits per heavy atom. The van der Waals surface area contributed by atoms with Crippen LogP contribution in [0.3, 0.4) is 0 Å². The maximum absolute atomic E-state index is 13.8. The molecule has 3 rings (SSSR count). The summed E-state index contributed by atoms with van der Waals surface area (Å²) in [6, 6.07) is 14.4. The normalized spacial score (nSPS) is 11.3. The average molecular weight is 479 g/mol. The third-order valence-corrected chi connectivity index (χ3v) is 5.80. The van der Waals surface area contributed by atoms with E-state index in [2.05, 4.69) is 0 Å². The topological polar surface area (TPSA) is 76.1 Å². The van der Waals surface area contributed by atoms with Gasteiger partial charge in [-0.1, -0.05) is 30.3 Å². The van der Waals surface area contributed by atoms with Crippen molar-refractivity contribution in [3.05, 3.63) is 65.7 Å². The van der Waals surface area contributed by atoms with Crippen LogP contribution in [0.4, 0.5) is 18.0 Å². The van der Waals surface area contributed by atoms with Crippen molar-refractivity contribution >= 4 is 33.7 Å². The van der Waals surface area contributed by atoms with E-state index in [1.54, 1.807) is 0 Å². The van der Waals surface area contributed by atoms with Gasteiger partial charge in [0.25, 0.3) is 5.24 Å². The summed E-state index contributed by atoms with van der Waals surface area (Å²) in [7, 11) is 2.44. The summed E-state index contributed by atoms with van der Waals surface area (Å²) in [5.74, 6) is -1.36. The number of likely N-dealkylation sites (N-methyl/N-ethyl adjacent to an activating group) is 1. The maximum Gasteiger partial charge on any atom is 0.420 e. The molecule has 6 nitrogen and oxygen atoms in total.